The first-order valence-corrected chi connectivity index (χ1v) is 8.41. The van der Waals surface area contributed by atoms with Crippen LogP contribution in [0.5, 0.6) is 0 Å². The van der Waals surface area contributed by atoms with Gasteiger partial charge in [0, 0.05) is 25.7 Å². The van der Waals surface area contributed by atoms with Crippen LogP contribution >= 0.6 is 0 Å². The second-order valence-electron chi connectivity index (χ2n) is 6.56. The van der Waals surface area contributed by atoms with Gasteiger partial charge in [-0.15, -0.1) is 0 Å². The van der Waals surface area contributed by atoms with Crippen molar-refractivity contribution in [2.45, 2.75) is 45.6 Å². The number of hydrogen-bond acceptors (Lipinski definition) is 3. The zero-order valence-electron chi connectivity index (χ0n) is 13.7. The maximum Gasteiger partial charge on any atom is 0.236 e. The number of nitrogens with zero attached hydrogens (tertiary/aromatic N) is 2. The molecule has 0 unspecified atom stereocenters. The van der Waals surface area contributed by atoms with Crippen LogP contribution < -0.4 is 0 Å². The molecule has 0 N–H and O–H groups in total. The van der Waals surface area contributed by atoms with E-state index in [0.717, 1.165) is 50.4 Å². The average Bonchev–Trinajstić information content (AvgIpc) is 2.95. The van der Waals surface area contributed by atoms with Gasteiger partial charge in [-0.05, 0) is 57.2 Å². The zero-order chi connectivity index (χ0) is 15.5. The molecule has 0 radical (unpaired) electrons. The second kappa shape index (κ2) is 6.69. The molecule has 120 valence electrons. The third-order valence-corrected chi connectivity index (χ3v) is 4.83. The summed E-state index contributed by atoms with van der Waals surface area (Å²) in [4.78, 5) is 16.8. The van der Waals surface area contributed by atoms with E-state index in [0.29, 0.717) is 12.6 Å². The number of piperidine rings is 1. The first-order valence-electron chi connectivity index (χ1n) is 8.41. The van der Waals surface area contributed by atoms with Crippen molar-refractivity contribution in [2.24, 2.45) is 0 Å². The predicted molar refractivity (Wildman–Crippen MR) is 87.5 cm³/mol. The van der Waals surface area contributed by atoms with Crippen LogP contribution in [-0.4, -0.2) is 47.9 Å². The molecule has 1 atom stereocenters. The van der Waals surface area contributed by atoms with Crippen molar-refractivity contribution < 1.29 is 9.21 Å². The summed E-state index contributed by atoms with van der Waals surface area (Å²) < 4.78 is 5.69. The van der Waals surface area contributed by atoms with Gasteiger partial charge in [-0.3, -0.25) is 9.69 Å². The van der Waals surface area contributed by atoms with Gasteiger partial charge in [0.1, 0.15) is 11.5 Å². The molecule has 1 aromatic heterocycles. The van der Waals surface area contributed by atoms with E-state index in [1.807, 2.05) is 19.1 Å². The van der Waals surface area contributed by atoms with Gasteiger partial charge < -0.3 is 9.32 Å². The molecule has 1 fully saturated rings. The monoisotopic (exact) mass is 302 g/mol. The number of carbonyl (C=O) groups is 1. The summed E-state index contributed by atoms with van der Waals surface area (Å²) in [5.41, 5.74) is 1.27. The van der Waals surface area contributed by atoms with Crippen LogP contribution in [-0.2, 0) is 4.79 Å². The fourth-order valence-corrected chi connectivity index (χ4v) is 3.44. The number of rotatable bonds is 3. The van der Waals surface area contributed by atoms with Gasteiger partial charge in [-0.1, -0.05) is 6.08 Å². The zero-order valence-corrected chi connectivity index (χ0v) is 13.7. The standard InChI is InChI=1S/C18H26N2O2/c1-14-5-3-4-10-20(14)18(21)13-19-11-8-16(9-12-19)17-7-6-15(2)22-17/h6-8,14H,3-5,9-13H2,1-2H3/t14-/m0/s1. The Bertz CT molecular complexity index is 561. The lowest BCUT2D eigenvalue weighted by molar-refractivity contribution is -0.135. The second-order valence-corrected chi connectivity index (χ2v) is 6.56. The predicted octanol–water partition coefficient (Wildman–Crippen LogP) is 3.08. The normalized spacial score (nSPS) is 23.5. The van der Waals surface area contributed by atoms with Crippen molar-refractivity contribution in [3.63, 3.8) is 0 Å². The summed E-state index contributed by atoms with van der Waals surface area (Å²) in [7, 11) is 0. The largest absolute Gasteiger partial charge is 0.462 e. The van der Waals surface area contributed by atoms with E-state index in [2.05, 4.69) is 22.8 Å². The van der Waals surface area contributed by atoms with E-state index in [9.17, 15) is 4.79 Å². The summed E-state index contributed by atoms with van der Waals surface area (Å²) in [6.07, 6.45) is 6.71. The van der Waals surface area contributed by atoms with Crippen LogP contribution in [0.15, 0.2) is 22.6 Å². The molecule has 0 bridgehead atoms. The van der Waals surface area contributed by atoms with Gasteiger partial charge >= 0.3 is 0 Å². The first kappa shape index (κ1) is 15.3. The number of likely N-dealkylation sites (tertiary alicyclic amines) is 1. The Balaban J connectivity index is 1.55. The highest BCUT2D eigenvalue weighted by Gasteiger charge is 2.25. The number of carbonyl (C=O) groups excluding carboxylic acids is 1. The quantitative estimate of drug-likeness (QED) is 0.861. The van der Waals surface area contributed by atoms with Gasteiger partial charge in [0.25, 0.3) is 0 Å². The molecular formula is C18H26N2O2. The molecule has 4 heteroatoms. The molecule has 0 spiro atoms. The third-order valence-electron chi connectivity index (χ3n) is 4.83. The number of hydrogen-bond donors (Lipinski definition) is 0. The molecule has 0 saturated carbocycles. The highest BCUT2D eigenvalue weighted by Crippen LogP contribution is 2.24. The molecule has 1 saturated heterocycles. The molecule has 22 heavy (non-hydrogen) atoms. The van der Waals surface area contributed by atoms with Crippen LogP contribution in [0, 0.1) is 6.92 Å². The van der Waals surface area contributed by atoms with Crippen molar-refractivity contribution >= 4 is 11.5 Å². The van der Waals surface area contributed by atoms with Crippen molar-refractivity contribution in [2.75, 3.05) is 26.2 Å². The van der Waals surface area contributed by atoms with E-state index in [1.54, 1.807) is 0 Å². The highest BCUT2D eigenvalue weighted by molar-refractivity contribution is 5.79. The number of amides is 1. The van der Waals surface area contributed by atoms with Gasteiger partial charge in [-0.25, -0.2) is 0 Å². The lowest BCUT2D eigenvalue weighted by Crippen LogP contribution is -2.47. The Hall–Kier alpha value is -1.55. The Labute approximate surface area is 132 Å². The molecule has 3 rings (SSSR count). The summed E-state index contributed by atoms with van der Waals surface area (Å²) in [6.45, 7) is 7.39. The van der Waals surface area contributed by atoms with Crippen LogP contribution in [0.25, 0.3) is 5.57 Å². The molecule has 0 aromatic carbocycles. The van der Waals surface area contributed by atoms with E-state index in [4.69, 9.17) is 4.42 Å². The van der Waals surface area contributed by atoms with Crippen LogP contribution in [0.4, 0.5) is 0 Å². The summed E-state index contributed by atoms with van der Waals surface area (Å²) in [5, 5.41) is 0. The molecule has 1 amide bonds. The SMILES string of the molecule is Cc1ccc(C2=CCN(CC(=O)N3CCCC[C@@H]3C)CC2)o1. The number of furan rings is 1. The highest BCUT2D eigenvalue weighted by atomic mass is 16.3. The average molecular weight is 302 g/mol. The Kier molecular flexibility index (Phi) is 4.67. The van der Waals surface area contributed by atoms with Gasteiger partial charge in [0.2, 0.25) is 5.91 Å². The minimum absolute atomic E-state index is 0.290. The Morgan fingerprint density at radius 3 is 2.82 bits per heavy atom. The first-order chi connectivity index (χ1) is 10.6. The van der Waals surface area contributed by atoms with Crippen LogP contribution in [0.3, 0.4) is 0 Å². The Morgan fingerprint density at radius 2 is 2.18 bits per heavy atom. The topological polar surface area (TPSA) is 36.7 Å². The fourth-order valence-electron chi connectivity index (χ4n) is 3.44. The smallest absolute Gasteiger partial charge is 0.236 e. The van der Waals surface area contributed by atoms with E-state index < -0.39 is 0 Å². The van der Waals surface area contributed by atoms with E-state index >= 15 is 0 Å². The van der Waals surface area contributed by atoms with Crippen LogP contribution in [0.1, 0.15) is 44.1 Å². The summed E-state index contributed by atoms with van der Waals surface area (Å²) >= 11 is 0. The van der Waals surface area contributed by atoms with E-state index in [1.165, 1.54) is 12.0 Å². The molecule has 1 aromatic rings. The van der Waals surface area contributed by atoms with Crippen LogP contribution in [0.2, 0.25) is 0 Å². The minimum atomic E-state index is 0.290. The van der Waals surface area contributed by atoms with Crippen molar-refractivity contribution in [1.82, 2.24) is 9.80 Å². The molecule has 2 aliphatic rings. The fraction of sp³-hybridized carbons (Fsp3) is 0.611. The van der Waals surface area contributed by atoms with E-state index in [-0.39, 0.29) is 5.91 Å². The molecule has 0 aliphatic carbocycles. The minimum Gasteiger partial charge on any atom is -0.462 e. The molecular weight excluding hydrogens is 276 g/mol. The number of aryl methyl sites for hydroxylation is 1. The third kappa shape index (κ3) is 3.43. The Morgan fingerprint density at radius 1 is 1.32 bits per heavy atom. The van der Waals surface area contributed by atoms with Crippen molar-refractivity contribution in [3.8, 4) is 0 Å². The lowest BCUT2D eigenvalue weighted by atomic mass is 10.0. The summed E-state index contributed by atoms with van der Waals surface area (Å²) in [6, 6.07) is 4.45. The molecule has 3 heterocycles. The van der Waals surface area contributed by atoms with Gasteiger partial charge in [0.05, 0.1) is 6.54 Å². The maximum absolute atomic E-state index is 12.5. The van der Waals surface area contributed by atoms with Crippen molar-refractivity contribution in [3.05, 3.63) is 29.7 Å². The lowest BCUT2D eigenvalue weighted by Gasteiger charge is -2.35. The molecule has 2 aliphatic heterocycles. The van der Waals surface area contributed by atoms with Gasteiger partial charge in [0.15, 0.2) is 0 Å². The van der Waals surface area contributed by atoms with Crippen molar-refractivity contribution in [1.29, 1.82) is 0 Å². The maximum atomic E-state index is 12.5. The van der Waals surface area contributed by atoms with Gasteiger partial charge in [-0.2, -0.15) is 0 Å². The molecule has 4 nitrogen and oxygen atoms in total. The summed E-state index contributed by atoms with van der Waals surface area (Å²) in [5.74, 6) is 2.22.